The van der Waals surface area contributed by atoms with E-state index in [2.05, 4.69) is 30.1 Å². The van der Waals surface area contributed by atoms with Gasteiger partial charge in [0.05, 0.1) is 5.56 Å². The van der Waals surface area contributed by atoms with Crippen molar-refractivity contribution >= 4 is 17.7 Å². The molecule has 23 heavy (non-hydrogen) atoms. The summed E-state index contributed by atoms with van der Waals surface area (Å²) in [5, 5.41) is 3.13. The van der Waals surface area contributed by atoms with Crippen LogP contribution in [0, 0.1) is 0 Å². The maximum Gasteiger partial charge on any atom is 0.255 e. The molecule has 0 aromatic heterocycles. The van der Waals surface area contributed by atoms with E-state index in [4.69, 9.17) is 4.74 Å². The van der Waals surface area contributed by atoms with Crippen LogP contribution in [0.2, 0.25) is 0 Å². The molecule has 1 fully saturated rings. The van der Waals surface area contributed by atoms with Crippen molar-refractivity contribution in [1.29, 1.82) is 0 Å². The van der Waals surface area contributed by atoms with Gasteiger partial charge in [-0.05, 0) is 56.8 Å². The number of amides is 1. The van der Waals surface area contributed by atoms with Gasteiger partial charge in [-0.25, -0.2) is 0 Å². The number of likely N-dealkylation sites (tertiary alicyclic amines) is 1. The number of benzene rings is 1. The second kappa shape index (κ2) is 7.14. The molecule has 1 amide bonds. The third-order valence-electron chi connectivity index (χ3n) is 4.85. The van der Waals surface area contributed by atoms with Gasteiger partial charge < -0.3 is 10.1 Å². The molecule has 2 heterocycles. The maximum absolute atomic E-state index is 12.7. The van der Waals surface area contributed by atoms with Gasteiger partial charge in [-0.15, -0.1) is 11.8 Å². The molecule has 0 aliphatic carbocycles. The lowest BCUT2D eigenvalue weighted by molar-refractivity contribution is 0.0936. The van der Waals surface area contributed by atoms with Gasteiger partial charge in [-0.3, -0.25) is 9.69 Å². The average molecular weight is 334 g/mol. The van der Waals surface area contributed by atoms with Gasteiger partial charge in [0, 0.05) is 23.9 Å². The molecule has 2 aliphatic rings. The van der Waals surface area contributed by atoms with Crippen LogP contribution in [0.25, 0.3) is 0 Å². The molecule has 126 valence electrons. The smallest absolute Gasteiger partial charge is 0.255 e. The molecule has 2 aliphatic heterocycles. The zero-order chi connectivity index (χ0) is 16.4. The van der Waals surface area contributed by atoms with Crippen molar-refractivity contribution in [2.45, 2.75) is 50.2 Å². The maximum atomic E-state index is 12.7. The normalized spacial score (nSPS) is 23.6. The number of carbonyl (C=O) groups excluding carboxylic acids is 1. The van der Waals surface area contributed by atoms with Crippen molar-refractivity contribution in [3.63, 3.8) is 0 Å². The van der Waals surface area contributed by atoms with E-state index in [-0.39, 0.29) is 12.0 Å². The molecule has 4 nitrogen and oxygen atoms in total. The van der Waals surface area contributed by atoms with Crippen molar-refractivity contribution < 1.29 is 9.53 Å². The van der Waals surface area contributed by atoms with Gasteiger partial charge in [0.15, 0.2) is 0 Å². The van der Waals surface area contributed by atoms with E-state index in [0.29, 0.717) is 11.6 Å². The minimum atomic E-state index is -0.00537. The Balaban J connectivity index is 1.73. The Morgan fingerprint density at radius 2 is 2.30 bits per heavy atom. The number of hydrogen-bond acceptors (Lipinski definition) is 4. The summed E-state index contributed by atoms with van der Waals surface area (Å²) in [5.74, 6) is 0.778. The minimum Gasteiger partial charge on any atom is -0.489 e. The number of rotatable bonds is 5. The number of hydrogen-bond donors (Lipinski definition) is 1. The predicted molar refractivity (Wildman–Crippen MR) is 94.6 cm³/mol. The second-order valence-corrected chi connectivity index (χ2v) is 7.31. The van der Waals surface area contributed by atoms with Crippen LogP contribution in [0.5, 0.6) is 5.75 Å². The first kappa shape index (κ1) is 16.7. The summed E-state index contributed by atoms with van der Waals surface area (Å²) in [6, 6.07) is 4.58. The fourth-order valence-electron chi connectivity index (χ4n) is 3.64. The largest absolute Gasteiger partial charge is 0.489 e. The molecule has 0 spiro atoms. The first-order valence-corrected chi connectivity index (χ1v) is 9.74. The van der Waals surface area contributed by atoms with Crippen LogP contribution in [0.1, 0.15) is 42.6 Å². The summed E-state index contributed by atoms with van der Waals surface area (Å²) in [4.78, 5) is 16.3. The van der Waals surface area contributed by atoms with E-state index in [1.165, 1.54) is 12.8 Å². The number of nitrogens with zero attached hydrogens (tertiary/aromatic N) is 1. The van der Waals surface area contributed by atoms with Crippen LogP contribution < -0.4 is 10.1 Å². The average Bonchev–Trinajstić information content (AvgIpc) is 3.15. The highest BCUT2D eigenvalue weighted by molar-refractivity contribution is 7.98. The summed E-state index contributed by atoms with van der Waals surface area (Å²) in [5.41, 5.74) is 1.85. The fraction of sp³-hybridized carbons (Fsp3) is 0.611. The molecule has 0 bridgehead atoms. The molecule has 2 unspecified atom stereocenters. The molecule has 1 aromatic carbocycles. The Bertz CT molecular complexity index is 591. The molecule has 3 rings (SSSR count). The van der Waals surface area contributed by atoms with Crippen molar-refractivity contribution in [3.05, 3.63) is 23.3 Å². The Kier molecular flexibility index (Phi) is 5.17. The van der Waals surface area contributed by atoms with Crippen molar-refractivity contribution in [3.8, 4) is 5.75 Å². The van der Waals surface area contributed by atoms with Crippen molar-refractivity contribution in [2.75, 3.05) is 25.9 Å². The number of carbonyl (C=O) groups is 1. The Morgan fingerprint density at radius 3 is 3.04 bits per heavy atom. The molecule has 2 atom stereocenters. The summed E-state index contributed by atoms with van der Waals surface area (Å²) in [6.45, 7) is 7.16. The van der Waals surface area contributed by atoms with E-state index in [1.807, 2.05) is 12.3 Å². The van der Waals surface area contributed by atoms with Crippen LogP contribution in [0.4, 0.5) is 0 Å². The first-order chi connectivity index (χ1) is 11.1. The Morgan fingerprint density at radius 1 is 1.48 bits per heavy atom. The molecule has 0 saturated carbocycles. The van der Waals surface area contributed by atoms with Gasteiger partial charge in [0.25, 0.3) is 5.91 Å². The molecule has 1 saturated heterocycles. The number of likely N-dealkylation sites (N-methyl/N-ethyl adjacent to an activating group) is 1. The number of ether oxygens (including phenoxy) is 1. The summed E-state index contributed by atoms with van der Waals surface area (Å²) in [7, 11) is 0. The molecular formula is C18H26N2O2S. The van der Waals surface area contributed by atoms with E-state index in [0.717, 1.165) is 42.3 Å². The quantitative estimate of drug-likeness (QED) is 0.841. The van der Waals surface area contributed by atoms with E-state index in [9.17, 15) is 4.79 Å². The molecule has 0 radical (unpaired) electrons. The molecular weight excluding hydrogens is 308 g/mol. The molecule has 1 aromatic rings. The zero-order valence-electron chi connectivity index (χ0n) is 14.2. The van der Waals surface area contributed by atoms with Gasteiger partial charge in [0.2, 0.25) is 0 Å². The highest BCUT2D eigenvalue weighted by Crippen LogP contribution is 2.36. The van der Waals surface area contributed by atoms with Gasteiger partial charge >= 0.3 is 0 Å². The van der Waals surface area contributed by atoms with Crippen LogP contribution >= 0.6 is 11.8 Å². The minimum absolute atomic E-state index is 0.00537. The molecule has 1 N–H and O–H groups in total. The van der Waals surface area contributed by atoms with Gasteiger partial charge in [0.1, 0.15) is 11.9 Å². The fourth-order valence-corrected chi connectivity index (χ4v) is 4.13. The van der Waals surface area contributed by atoms with Gasteiger partial charge in [-0.2, -0.15) is 0 Å². The SMILES string of the molecule is CCN1CCCC1CNC(=O)c1cc(SC)cc2c1OC(C)C2. The van der Waals surface area contributed by atoms with Crippen LogP contribution in [0.15, 0.2) is 17.0 Å². The number of fused-ring (bicyclic) bond motifs is 1. The van der Waals surface area contributed by atoms with Crippen molar-refractivity contribution in [1.82, 2.24) is 10.2 Å². The Hall–Kier alpha value is -1.20. The zero-order valence-corrected chi connectivity index (χ0v) is 15.0. The highest BCUT2D eigenvalue weighted by atomic mass is 32.2. The summed E-state index contributed by atoms with van der Waals surface area (Å²) in [6.07, 6.45) is 5.48. The second-order valence-electron chi connectivity index (χ2n) is 6.43. The summed E-state index contributed by atoms with van der Waals surface area (Å²) >= 11 is 1.67. The van der Waals surface area contributed by atoms with Crippen LogP contribution in [-0.4, -0.2) is 48.8 Å². The highest BCUT2D eigenvalue weighted by Gasteiger charge is 2.28. The predicted octanol–water partition coefficient (Wildman–Crippen LogP) is 2.95. The third kappa shape index (κ3) is 3.50. The monoisotopic (exact) mass is 334 g/mol. The van der Waals surface area contributed by atoms with Gasteiger partial charge in [-0.1, -0.05) is 6.92 Å². The lowest BCUT2D eigenvalue weighted by atomic mass is 10.1. The molecule has 5 heteroatoms. The summed E-state index contributed by atoms with van der Waals surface area (Å²) < 4.78 is 5.89. The lowest BCUT2D eigenvalue weighted by Gasteiger charge is -2.23. The first-order valence-electron chi connectivity index (χ1n) is 8.52. The van der Waals surface area contributed by atoms with E-state index in [1.54, 1.807) is 11.8 Å². The van der Waals surface area contributed by atoms with E-state index < -0.39 is 0 Å². The van der Waals surface area contributed by atoms with Crippen molar-refractivity contribution in [2.24, 2.45) is 0 Å². The van der Waals surface area contributed by atoms with Crippen LogP contribution in [-0.2, 0) is 6.42 Å². The number of nitrogens with one attached hydrogen (secondary N) is 1. The van der Waals surface area contributed by atoms with Crippen LogP contribution in [0.3, 0.4) is 0 Å². The third-order valence-corrected chi connectivity index (χ3v) is 5.56. The van der Waals surface area contributed by atoms with E-state index >= 15 is 0 Å². The lowest BCUT2D eigenvalue weighted by Crippen LogP contribution is -2.40. The Labute approximate surface area is 143 Å². The topological polar surface area (TPSA) is 41.6 Å². The standard InChI is InChI=1S/C18H26N2O2S/c1-4-20-7-5-6-14(20)11-19-18(21)16-10-15(23-3)9-13-8-12(2)22-17(13)16/h9-10,12,14H,4-8,11H2,1-3H3,(H,19,21). The number of thioether (sulfide) groups is 1.